The van der Waals surface area contributed by atoms with Crippen molar-refractivity contribution in [3.05, 3.63) is 60.8 Å². The average Bonchev–Trinajstić information content (AvgIpc) is 3.61. The van der Waals surface area contributed by atoms with Gasteiger partial charge in [0.25, 0.3) is 0 Å². The highest BCUT2D eigenvalue weighted by molar-refractivity contribution is 5.76. The second kappa shape index (κ2) is 62.9. The Morgan fingerprint density at radius 2 is 0.723 bits per heavy atom. The SMILES string of the molecule is CCCCCCC/C=C\C/C=C\C/C=C\CCCCCCCCCCCCCCCCCCCCCCCCCCCCC(=O)NC(COC1OC(CO)C(O)C(O)C1O)C(O)/C=C/CC/C=C/CCCCCCCCCCCCCCC. The van der Waals surface area contributed by atoms with Crippen molar-refractivity contribution in [2.45, 2.75) is 391 Å². The van der Waals surface area contributed by atoms with E-state index in [9.17, 15) is 30.3 Å². The van der Waals surface area contributed by atoms with Gasteiger partial charge in [-0.25, -0.2) is 0 Å². The second-order valence-corrected chi connectivity index (χ2v) is 25.0. The summed E-state index contributed by atoms with van der Waals surface area (Å²) in [5.41, 5.74) is 0. The van der Waals surface area contributed by atoms with Crippen LogP contribution in [0.4, 0.5) is 0 Å². The molecule has 9 heteroatoms. The van der Waals surface area contributed by atoms with Crippen molar-refractivity contribution < 1.29 is 39.8 Å². The quantitative estimate of drug-likeness (QED) is 0.0261. The number of carbonyl (C=O) groups excluding carboxylic acids is 1. The Bertz CT molecular complexity index is 1500. The molecule has 1 fully saturated rings. The summed E-state index contributed by atoms with van der Waals surface area (Å²) in [6.45, 7) is 3.79. The van der Waals surface area contributed by atoms with Crippen LogP contribution in [0.1, 0.15) is 348 Å². The second-order valence-electron chi connectivity index (χ2n) is 25.0. The average molecular weight is 1170 g/mol. The van der Waals surface area contributed by atoms with E-state index < -0.39 is 49.5 Å². The van der Waals surface area contributed by atoms with Gasteiger partial charge in [0.05, 0.1) is 25.4 Å². The fourth-order valence-electron chi connectivity index (χ4n) is 11.4. The summed E-state index contributed by atoms with van der Waals surface area (Å²) in [6.07, 6.45) is 80.6. The number of carbonyl (C=O) groups is 1. The zero-order valence-electron chi connectivity index (χ0n) is 54.5. The van der Waals surface area contributed by atoms with Gasteiger partial charge in [-0.2, -0.15) is 0 Å². The van der Waals surface area contributed by atoms with E-state index in [1.54, 1.807) is 6.08 Å². The first-order valence-corrected chi connectivity index (χ1v) is 36.0. The lowest BCUT2D eigenvalue weighted by Crippen LogP contribution is -2.60. The third-order valence-corrected chi connectivity index (χ3v) is 17.1. The van der Waals surface area contributed by atoms with E-state index in [-0.39, 0.29) is 12.5 Å². The topological polar surface area (TPSA) is 149 Å². The highest BCUT2D eigenvalue weighted by atomic mass is 16.7. The minimum Gasteiger partial charge on any atom is -0.394 e. The number of aliphatic hydroxyl groups excluding tert-OH is 5. The lowest BCUT2D eigenvalue weighted by Gasteiger charge is -2.40. The molecule has 1 amide bonds. The maximum atomic E-state index is 13.1. The number of hydrogen-bond donors (Lipinski definition) is 6. The van der Waals surface area contributed by atoms with Gasteiger partial charge in [0.1, 0.15) is 24.4 Å². The number of unbranched alkanes of at least 4 members (excludes halogenated alkanes) is 45. The summed E-state index contributed by atoms with van der Waals surface area (Å²) in [5, 5.41) is 54.7. The minimum atomic E-state index is -1.57. The first-order valence-electron chi connectivity index (χ1n) is 36.0. The molecule has 0 saturated carbocycles. The molecule has 486 valence electrons. The molecule has 83 heavy (non-hydrogen) atoms. The number of ether oxygens (including phenoxy) is 2. The van der Waals surface area contributed by atoms with Crippen molar-refractivity contribution in [2.75, 3.05) is 13.2 Å². The zero-order chi connectivity index (χ0) is 60.0. The lowest BCUT2D eigenvalue weighted by molar-refractivity contribution is -0.302. The van der Waals surface area contributed by atoms with Crippen LogP contribution >= 0.6 is 0 Å². The summed E-state index contributed by atoms with van der Waals surface area (Å²) >= 11 is 0. The normalized spacial score (nSPS) is 18.6. The van der Waals surface area contributed by atoms with Crippen molar-refractivity contribution in [3.8, 4) is 0 Å². The summed E-state index contributed by atoms with van der Waals surface area (Å²) in [7, 11) is 0. The predicted molar refractivity (Wildman–Crippen MR) is 355 cm³/mol. The van der Waals surface area contributed by atoms with Crippen LogP contribution in [0.25, 0.3) is 0 Å². The Hall–Kier alpha value is -2.11. The Morgan fingerprint density at radius 3 is 1.10 bits per heavy atom. The minimum absolute atomic E-state index is 0.181. The van der Waals surface area contributed by atoms with Gasteiger partial charge in [-0.1, -0.05) is 331 Å². The van der Waals surface area contributed by atoms with Crippen LogP contribution in [0.15, 0.2) is 60.8 Å². The highest BCUT2D eigenvalue weighted by Crippen LogP contribution is 2.23. The molecule has 1 rings (SSSR count). The third kappa shape index (κ3) is 51.6. The summed E-state index contributed by atoms with van der Waals surface area (Å²) in [6, 6.07) is -0.822. The maximum Gasteiger partial charge on any atom is 0.220 e. The fourth-order valence-corrected chi connectivity index (χ4v) is 11.4. The van der Waals surface area contributed by atoms with E-state index in [1.165, 1.54) is 276 Å². The van der Waals surface area contributed by atoms with Gasteiger partial charge in [0.15, 0.2) is 6.29 Å². The summed E-state index contributed by atoms with van der Waals surface area (Å²) < 4.78 is 11.3. The third-order valence-electron chi connectivity index (χ3n) is 17.1. The number of allylic oxidation sites excluding steroid dienone is 9. The number of amides is 1. The van der Waals surface area contributed by atoms with Crippen molar-refractivity contribution in [3.63, 3.8) is 0 Å². The van der Waals surface area contributed by atoms with Gasteiger partial charge >= 0.3 is 0 Å². The Labute approximate surface area is 513 Å². The van der Waals surface area contributed by atoms with Crippen LogP contribution in [-0.2, 0) is 14.3 Å². The fraction of sp³-hybridized carbons (Fsp3) is 0.851. The largest absolute Gasteiger partial charge is 0.394 e. The monoisotopic (exact) mass is 1170 g/mol. The van der Waals surface area contributed by atoms with Crippen LogP contribution in [-0.4, -0.2) is 87.5 Å². The Balaban J connectivity index is 2.05. The zero-order valence-corrected chi connectivity index (χ0v) is 54.5. The molecule has 1 heterocycles. The molecule has 1 aliphatic heterocycles. The predicted octanol–water partition coefficient (Wildman–Crippen LogP) is 19.8. The molecule has 7 unspecified atom stereocenters. The van der Waals surface area contributed by atoms with E-state index in [1.807, 2.05) is 6.08 Å². The summed E-state index contributed by atoms with van der Waals surface area (Å²) in [4.78, 5) is 13.1. The standard InChI is InChI=1S/C74H137NO8/c1-3-5-7-9-11-13-15-17-19-21-23-24-25-26-27-28-29-30-31-32-33-34-35-36-37-38-39-40-41-42-43-44-46-48-50-52-54-56-58-60-62-64-70(78)75-67(66-82-74-73(81)72(80)71(79)69(65-76)83-74)68(77)63-61-59-57-55-53-51-49-47-45-22-20-18-16-14-12-10-8-6-4-2/h15,17,21,23,25-26,53,55,61,63,67-69,71-74,76-77,79-81H,3-14,16,18-20,22,24,27-52,54,56-60,62,64-66H2,1-2H3,(H,75,78)/b17-15-,23-21-,26-25-,55-53+,63-61+. The van der Waals surface area contributed by atoms with Crippen molar-refractivity contribution in [1.82, 2.24) is 5.32 Å². The van der Waals surface area contributed by atoms with Gasteiger partial charge in [0, 0.05) is 6.42 Å². The Morgan fingerprint density at radius 1 is 0.410 bits per heavy atom. The molecule has 7 atom stereocenters. The van der Waals surface area contributed by atoms with Crippen LogP contribution in [0.2, 0.25) is 0 Å². The van der Waals surface area contributed by atoms with E-state index in [0.717, 1.165) is 51.4 Å². The van der Waals surface area contributed by atoms with Gasteiger partial charge < -0.3 is 40.3 Å². The van der Waals surface area contributed by atoms with Gasteiger partial charge in [0.2, 0.25) is 5.91 Å². The molecular formula is C74H137NO8. The smallest absolute Gasteiger partial charge is 0.220 e. The molecular weight excluding hydrogens is 1030 g/mol. The molecule has 0 radical (unpaired) electrons. The first kappa shape index (κ1) is 78.9. The van der Waals surface area contributed by atoms with Crippen molar-refractivity contribution in [1.29, 1.82) is 0 Å². The number of nitrogens with one attached hydrogen (secondary N) is 1. The molecule has 9 nitrogen and oxygen atoms in total. The molecule has 0 aromatic rings. The molecule has 0 aliphatic carbocycles. The highest BCUT2D eigenvalue weighted by Gasteiger charge is 2.44. The molecule has 0 aromatic heterocycles. The number of aliphatic hydroxyl groups is 5. The number of rotatable bonds is 63. The van der Waals surface area contributed by atoms with Gasteiger partial charge in [-0.05, 0) is 70.6 Å². The van der Waals surface area contributed by atoms with E-state index in [2.05, 4.69) is 67.8 Å². The molecule has 6 N–H and O–H groups in total. The van der Waals surface area contributed by atoms with Crippen LogP contribution < -0.4 is 5.32 Å². The van der Waals surface area contributed by atoms with Crippen molar-refractivity contribution in [2.24, 2.45) is 0 Å². The number of hydrogen-bond acceptors (Lipinski definition) is 8. The van der Waals surface area contributed by atoms with Crippen molar-refractivity contribution >= 4 is 5.91 Å². The van der Waals surface area contributed by atoms with Gasteiger partial charge in [-0.3, -0.25) is 4.79 Å². The van der Waals surface area contributed by atoms with Crippen LogP contribution in [0.5, 0.6) is 0 Å². The lowest BCUT2D eigenvalue weighted by atomic mass is 9.99. The first-order chi connectivity index (χ1) is 40.8. The van der Waals surface area contributed by atoms with E-state index >= 15 is 0 Å². The van der Waals surface area contributed by atoms with E-state index in [4.69, 9.17) is 9.47 Å². The maximum absolute atomic E-state index is 13.1. The van der Waals surface area contributed by atoms with Crippen LogP contribution in [0, 0.1) is 0 Å². The summed E-state index contributed by atoms with van der Waals surface area (Å²) in [5.74, 6) is -0.181. The van der Waals surface area contributed by atoms with E-state index in [0.29, 0.717) is 6.42 Å². The molecule has 0 spiro atoms. The van der Waals surface area contributed by atoms with Crippen LogP contribution in [0.3, 0.4) is 0 Å². The molecule has 0 bridgehead atoms. The molecule has 0 aromatic carbocycles. The molecule has 1 aliphatic rings. The Kier molecular flexibility index (Phi) is 59.8. The molecule has 1 saturated heterocycles. The van der Waals surface area contributed by atoms with Gasteiger partial charge in [-0.15, -0.1) is 0 Å².